The molecule has 26 heavy (non-hydrogen) atoms. The molecule has 4 nitrogen and oxygen atoms in total. The minimum absolute atomic E-state index is 0.109. The van der Waals surface area contributed by atoms with Crippen molar-refractivity contribution in [2.45, 2.75) is 65.6 Å². The number of rotatable bonds is 9. The quantitative estimate of drug-likeness (QED) is 0.640. The van der Waals surface area contributed by atoms with Crippen LogP contribution < -0.4 is 10.1 Å². The summed E-state index contributed by atoms with van der Waals surface area (Å²) in [5.74, 6) is 0.732. The van der Waals surface area contributed by atoms with Crippen molar-refractivity contribution in [3.63, 3.8) is 0 Å². The molecule has 0 spiro atoms. The van der Waals surface area contributed by atoms with Gasteiger partial charge in [-0.15, -0.1) is 0 Å². The molecule has 0 heterocycles. The molecule has 2 unspecified atom stereocenters. The van der Waals surface area contributed by atoms with Gasteiger partial charge in [-0.3, -0.25) is 4.79 Å². The lowest BCUT2D eigenvalue weighted by Gasteiger charge is -2.28. The molecule has 142 valence electrons. The minimum Gasteiger partial charge on any atom is -0.490 e. The van der Waals surface area contributed by atoms with Gasteiger partial charge in [-0.2, -0.15) is 0 Å². The Labute approximate surface area is 156 Å². The molecule has 2 aromatic carbocycles. The van der Waals surface area contributed by atoms with Crippen LogP contribution in [0.3, 0.4) is 0 Å². The van der Waals surface area contributed by atoms with Crippen LogP contribution in [0.2, 0.25) is 0 Å². The van der Waals surface area contributed by atoms with Crippen LogP contribution in [0, 0.1) is 0 Å². The van der Waals surface area contributed by atoms with Crippen molar-refractivity contribution in [2.75, 3.05) is 11.9 Å². The highest BCUT2D eigenvalue weighted by molar-refractivity contribution is 6.06. The van der Waals surface area contributed by atoms with Crippen LogP contribution in [-0.2, 0) is 9.53 Å². The number of carbonyl (C=O) groups excluding carboxylic acids is 1. The lowest BCUT2D eigenvalue weighted by molar-refractivity contribution is -0.139. The normalized spacial score (nSPS) is 14.7. The number of fused-ring (bicyclic) bond motifs is 1. The largest absolute Gasteiger partial charge is 0.490 e. The van der Waals surface area contributed by atoms with Gasteiger partial charge in [0.05, 0.1) is 6.10 Å². The Morgan fingerprint density at radius 3 is 2.42 bits per heavy atom. The molecular weight excluding hydrogens is 326 g/mol. The van der Waals surface area contributed by atoms with Crippen LogP contribution in [-0.4, -0.2) is 24.2 Å². The van der Waals surface area contributed by atoms with Crippen LogP contribution in [0.4, 0.5) is 5.69 Å². The Bertz CT molecular complexity index is 735. The zero-order valence-corrected chi connectivity index (χ0v) is 16.6. The van der Waals surface area contributed by atoms with Crippen LogP contribution >= 0.6 is 0 Å². The van der Waals surface area contributed by atoms with E-state index in [1.807, 2.05) is 50.2 Å². The van der Waals surface area contributed by atoms with Gasteiger partial charge in [0.25, 0.3) is 5.91 Å². The summed E-state index contributed by atoms with van der Waals surface area (Å²) < 4.78 is 11.8. The molecule has 0 aliphatic rings. The highest BCUT2D eigenvalue weighted by atomic mass is 16.5. The molecule has 1 amide bonds. The Morgan fingerprint density at radius 1 is 1.12 bits per heavy atom. The number of anilines is 1. The van der Waals surface area contributed by atoms with Crippen molar-refractivity contribution in [1.29, 1.82) is 0 Å². The number of benzene rings is 2. The third kappa shape index (κ3) is 4.55. The van der Waals surface area contributed by atoms with Crippen LogP contribution in [0.1, 0.15) is 53.9 Å². The van der Waals surface area contributed by atoms with Crippen molar-refractivity contribution in [2.24, 2.45) is 0 Å². The summed E-state index contributed by atoms with van der Waals surface area (Å²) >= 11 is 0. The fraction of sp³-hybridized carbons (Fsp3) is 0.500. The van der Waals surface area contributed by atoms with Gasteiger partial charge >= 0.3 is 0 Å². The van der Waals surface area contributed by atoms with E-state index in [9.17, 15) is 4.79 Å². The van der Waals surface area contributed by atoms with Gasteiger partial charge in [0, 0.05) is 23.1 Å². The Kier molecular flexibility index (Phi) is 7.04. The maximum atomic E-state index is 12.9. The van der Waals surface area contributed by atoms with Crippen molar-refractivity contribution in [3.8, 4) is 5.75 Å². The van der Waals surface area contributed by atoms with Crippen molar-refractivity contribution in [1.82, 2.24) is 0 Å². The summed E-state index contributed by atoms with van der Waals surface area (Å²) in [5, 5.41) is 5.04. The van der Waals surface area contributed by atoms with Gasteiger partial charge in [-0.1, -0.05) is 44.5 Å². The van der Waals surface area contributed by atoms with Crippen molar-refractivity contribution < 1.29 is 14.3 Å². The fourth-order valence-electron chi connectivity index (χ4n) is 3.08. The zero-order valence-electron chi connectivity index (χ0n) is 16.6. The van der Waals surface area contributed by atoms with Crippen molar-refractivity contribution >= 4 is 22.4 Å². The summed E-state index contributed by atoms with van der Waals surface area (Å²) in [4.78, 5) is 12.9. The fourth-order valence-corrected chi connectivity index (χ4v) is 3.08. The van der Waals surface area contributed by atoms with E-state index in [1.165, 1.54) is 0 Å². The van der Waals surface area contributed by atoms with Gasteiger partial charge < -0.3 is 14.8 Å². The van der Waals surface area contributed by atoms with E-state index in [0.29, 0.717) is 13.0 Å². The molecule has 0 aliphatic heterocycles. The number of hydrogen-bond donors (Lipinski definition) is 1. The van der Waals surface area contributed by atoms with Gasteiger partial charge in [0.15, 0.2) is 0 Å². The molecule has 0 fully saturated rings. The Morgan fingerprint density at radius 2 is 1.81 bits per heavy atom. The molecule has 2 aromatic rings. The topological polar surface area (TPSA) is 47.6 Å². The third-order valence-corrected chi connectivity index (χ3v) is 4.71. The summed E-state index contributed by atoms with van der Waals surface area (Å²) in [6, 6.07) is 11.8. The molecule has 0 saturated heterocycles. The zero-order chi connectivity index (χ0) is 19.2. The Hall–Kier alpha value is -2.07. The summed E-state index contributed by atoms with van der Waals surface area (Å²) in [7, 11) is 0. The first-order valence-electron chi connectivity index (χ1n) is 9.59. The molecule has 1 N–H and O–H groups in total. The molecule has 2 rings (SSSR count). The van der Waals surface area contributed by atoms with Gasteiger partial charge in [0.2, 0.25) is 0 Å². The van der Waals surface area contributed by atoms with E-state index in [-0.39, 0.29) is 12.0 Å². The van der Waals surface area contributed by atoms with E-state index < -0.39 is 5.60 Å². The average Bonchev–Trinajstić information content (AvgIpc) is 2.63. The van der Waals surface area contributed by atoms with Crippen LogP contribution in [0.15, 0.2) is 36.4 Å². The predicted octanol–water partition coefficient (Wildman–Crippen LogP) is 5.55. The summed E-state index contributed by atoms with van der Waals surface area (Å²) in [5.41, 5.74) is -0.0413. The third-order valence-electron chi connectivity index (χ3n) is 4.71. The molecule has 4 heteroatoms. The molecule has 2 atom stereocenters. The van der Waals surface area contributed by atoms with Gasteiger partial charge in [0.1, 0.15) is 11.4 Å². The van der Waals surface area contributed by atoms with Crippen LogP contribution in [0.25, 0.3) is 10.8 Å². The monoisotopic (exact) mass is 357 g/mol. The average molecular weight is 357 g/mol. The van der Waals surface area contributed by atoms with E-state index in [1.54, 1.807) is 0 Å². The van der Waals surface area contributed by atoms with Crippen molar-refractivity contribution in [3.05, 3.63) is 36.4 Å². The van der Waals surface area contributed by atoms with E-state index in [4.69, 9.17) is 9.47 Å². The van der Waals surface area contributed by atoms with E-state index in [2.05, 4.69) is 26.1 Å². The number of amides is 1. The first-order chi connectivity index (χ1) is 12.4. The lowest BCUT2D eigenvalue weighted by Crippen LogP contribution is -2.42. The van der Waals surface area contributed by atoms with Gasteiger partial charge in [-0.05, 0) is 45.7 Å². The van der Waals surface area contributed by atoms with E-state index in [0.717, 1.165) is 35.1 Å². The number of ether oxygens (including phenoxy) is 2. The second kappa shape index (κ2) is 9.04. The molecule has 0 aromatic heterocycles. The summed E-state index contributed by atoms with van der Waals surface area (Å²) in [6.45, 7) is 10.5. The second-order valence-electron chi connectivity index (χ2n) is 6.86. The predicted molar refractivity (Wildman–Crippen MR) is 108 cm³/mol. The second-order valence-corrected chi connectivity index (χ2v) is 6.86. The SMILES string of the molecule is CCCC(C)(OCC)C(=O)Nc1ccc(OC(C)CC)c2ccccc12. The minimum atomic E-state index is -0.823. The first-order valence-corrected chi connectivity index (χ1v) is 9.59. The number of hydrogen-bond acceptors (Lipinski definition) is 3. The first kappa shape index (κ1) is 20.2. The lowest BCUT2D eigenvalue weighted by atomic mass is 9.98. The molecule has 0 radical (unpaired) electrons. The highest BCUT2D eigenvalue weighted by Gasteiger charge is 2.33. The number of nitrogens with one attached hydrogen (secondary N) is 1. The number of carbonyl (C=O) groups is 1. The maximum Gasteiger partial charge on any atom is 0.256 e. The highest BCUT2D eigenvalue weighted by Crippen LogP contribution is 2.33. The Balaban J connectivity index is 2.36. The maximum absolute atomic E-state index is 12.9. The molecular formula is C22H31NO3. The standard InChI is InChI=1S/C22H31NO3/c1-6-15-22(5,25-8-3)21(24)23-19-13-14-20(26-16(4)7-2)18-12-10-9-11-17(18)19/h9-14,16H,6-8,15H2,1-5H3,(H,23,24). The van der Waals surface area contributed by atoms with E-state index >= 15 is 0 Å². The molecule has 0 saturated carbocycles. The molecule has 0 aliphatic carbocycles. The summed E-state index contributed by atoms with van der Waals surface area (Å²) in [6.07, 6.45) is 2.65. The molecule has 0 bridgehead atoms. The van der Waals surface area contributed by atoms with Gasteiger partial charge in [-0.25, -0.2) is 0 Å². The van der Waals surface area contributed by atoms with Crippen LogP contribution in [0.5, 0.6) is 5.75 Å². The smallest absolute Gasteiger partial charge is 0.256 e.